The van der Waals surface area contributed by atoms with Crippen LogP contribution in [0.4, 0.5) is 11.6 Å². The van der Waals surface area contributed by atoms with E-state index in [-0.39, 0.29) is 0 Å². The monoisotopic (exact) mass is 283 g/mol. The zero-order valence-corrected chi connectivity index (χ0v) is 11.6. The van der Waals surface area contributed by atoms with E-state index < -0.39 is 0 Å². The van der Waals surface area contributed by atoms with E-state index in [1.54, 1.807) is 12.4 Å². The van der Waals surface area contributed by atoms with E-state index in [0.717, 1.165) is 37.3 Å². The third-order valence-electron chi connectivity index (χ3n) is 4.07. The zero-order chi connectivity index (χ0) is 14.2. The molecular formula is C14H17N7. The van der Waals surface area contributed by atoms with Crippen molar-refractivity contribution in [3.05, 3.63) is 36.9 Å². The number of hydrogen-bond donors (Lipinski definition) is 1. The molecule has 0 spiro atoms. The van der Waals surface area contributed by atoms with E-state index in [9.17, 15) is 0 Å². The number of piperidine rings is 1. The minimum atomic E-state index is 0.420. The van der Waals surface area contributed by atoms with Gasteiger partial charge in [-0.1, -0.05) is 0 Å². The van der Waals surface area contributed by atoms with Crippen molar-refractivity contribution in [1.29, 1.82) is 0 Å². The maximum Gasteiger partial charge on any atom is 0.154 e. The van der Waals surface area contributed by atoms with Gasteiger partial charge in [-0.25, -0.2) is 9.50 Å². The van der Waals surface area contributed by atoms with E-state index in [1.807, 2.05) is 33.7 Å². The van der Waals surface area contributed by atoms with Crippen LogP contribution in [-0.4, -0.2) is 37.5 Å². The Morgan fingerprint density at radius 1 is 1.10 bits per heavy atom. The second-order valence-electron chi connectivity index (χ2n) is 5.35. The van der Waals surface area contributed by atoms with Crippen molar-refractivity contribution in [3.63, 3.8) is 0 Å². The Labute approximate surface area is 122 Å². The molecule has 0 saturated carbocycles. The molecule has 1 saturated heterocycles. The molecule has 7 nitrogen and oxygen atoms in total. The molecule has 4 heterocycles. The summed E-state index contributed by atoms with van der Waals surface area (Å²) < 4.78 is 3.85. The lowest BCUT2D eigenvalue weighted by molar-refractivity contribution is 0.367. The molecule has 4 rings (SSSR count). The molecule has 21 heavy (non-hydrogen) atoms. The maximum absolute atomic E-state index is 5.69. The summed E-state index contributed by atoms with van der Waals surface area (Å²) in [5.41, 5.74) is 6.75. The summed E-state index contributed by atoms with van der Waals surface area (Å²) in [4.78, 5) is 6.85. The van der Waals surface area contributed by atoms with Crippen molar-refractivity contribution in [2.75, 3.05) is 23.7 Å². The van der Waals surface area contributed by atoms with Gasteiger partial charge in [0.2, 0.25) is 0 Å². The van der Waals surface area contributed by atoms with Crippen LogP contribution in [0.5, 0.6) is 0 Å². The molecule has 0 atom stereocenters. The van der Waals surface area contributed by atoms with Crippen LogP contribution in [0.2, 0.25) is 0 Å². The average Bonchev–Trinajstić information content (AvgIpc) is 3.15. The van der Waals surface area contributed by atoms with Gasteiger partial charge >= 0.3 is 0 Å². The van der Waals surface area contributed by atoms with Gasteiger partial charge in [0, 0.05) is 31.7 Å². The van der Waals surface area contributed by atoms with E-state index in [1.165, 1.54) is 0 Å². The third-order valence-corrected chi connectivity index (χ3v) is 4.07. The number of hydrogen-bond acceptors (Lipinski definition) is 5. The summed E-state index contributed by atoms with van der Waals surface area (Å²) in [7, 11) is 0. The molecule has 0 amide bonds. The van der Waals surface area contributed by atoms with Crippen molar-refractivity contribution in [1.82, 2.24) is 24.4 Å². The first kappa shape index (κ1) is 12.2. The molecule has 3 aromatic heterocycles. The van der Waals surface area contributed by atoms with Crippen LogP contribution >= 0.6 is 0 Å². The first-order valence-corrected chi connectivity index (χ1v) is 7.15. The molecule has 1 fully saturated rings. The molecule has 7 heteroatoms. The first-order valence-electron chi connectivity index (χ1n) is 7.15. The Morgan fingerprint density at radius 3 is 2.71 bits per heavy atom. The molecule has 0 aliphatic carbocycles. The Bertz CT molecular complexity index is 751. The molecule has 1 aliphatic heterocycles. The van der Waals surface area contributed by atoms with Gasteiger partial charge in [0.15, 0.2) is 5.82 Å². The van der Waals surface area contributed by atoms with E-state index in [4.69, 9.17) is 5.73 Å². The number of nitrogens with two attached hydrogens (primary N) is 1. The smallest absolute Gasteiger partial charge is 0.154 e. The lowest BCUT2D eigenvalue weighted by Gasteiger charge is -2.33. The standard InChI is InChI=1S/C14H17N7/c15-13-4-9-20(18-13)11-2-7-19(8-3-11)14-12-1-5-17-21(12)10-6-16-14/h1,4-6,9-11H,2-3,7-8H2,(H2,15,18). The van der Waals surface area contributed by atoms with Gasteiger partial charge in [-0.05, 0) is 25.0 Å². The average molecular weight is 283 g/mol. The van der Waals surface area contributed by atoms with Gasteiger partial charge in [-0.15, -0.1) is 0 Å². The molecule has 0 bridgehead atoms. The molecule has 0 unspecified atom stereocenters. The number of rotatable bonds is 2. The maximum atomic E-state index is 5.69. The molecule has 1 aliphatic rings. The van der Waals surface area contributed by atoms with Crippen LogP contribution in [0.15, 0.2) is 36.9 Å². The summed E-state index contributed by atoms with van der Waals surface area (Å²) in [6, 6.07) is 4.27. The molecule has 2 N–H and O–H groups in total. The Morgan fingerprint density at radius 2 is 1.95 bits per heavy atom. The SMILES string of the molecule is Nc1ccn(C2CCN(c3nccn4nccc34)CC2)n1. The van der Waals surface area contributed by atoms with Crippen molar-refractivity contribution in [2.24, 2.45) is 0 Å². The largest absolute Gasteiger partial charge is 0.382 e. The lowest BCUT2D eigenvalue weighted by atomic mass is 10.1. The Balaban J connectivity index is 1.53. The normalized spacial score (nSPS) is 16.7. The predicted octanol–water partition coefficient (Wildman–Crippen LogP) is 1.35. The first-order chi connectivity index (χ1) is 10.3. The van der Waals surface area contributed by atoms with Gasteiger partial charge in [-0.2, -0.15) is 10.2 Å². The highest BCUT2D eigenvalue weighted by Gasteiger charge is 2.23. The van der Waals surface area contributed by atoms with E-state index in [0.29, 0.717) is 11.9 Å². The number of aromatic nitrogens is 5. The lowest BCUT2D eigenvalue weighted by Crippen LogP contribution is -2.35. The fraction of sp³-hybridized carbons (Fsp3) is 0.357. The van der Waals surface area contributed by atoms with E-state index >= 15 is 0 Å². The highest BCUT2D eigenvalue weighted by molar-refractivity contribution is 5.68. The van der Waals surface area contributed by atoms with Crippen LogP contribution in [-0.2, 0) is 0 Å². The van der Waals surface area contributed by atoms with Crippen LogP contribution in [0.3, 0.4) is 0 Å². The van der Waals surface area contributed by atoms with E-state index in [2.05, 4.69) is 20.1 Å². The number of nitrogens with zero attached hydrogens (tertiary/aromatic N) is 6. The minimum Gasteiger partial charge on any atom is -0.382 e. The van der Waals surface area contributed by atoms with Gasteiger partial charge < -0.3 is 10.6 Å². The van der Waals surface area contributed by atoms with Gasteiger partial charge in [-0.3, -0.25) is 4.68 Å². The summed E-state index contributed by atoms with van der Waals surface area (Å²) in [6.45, 7) is 1.92. The molecule has 3 aromatic rings. The zero-order valence-electron chi connectivity index (χ0n) is 11.6. The third kappa shape index (κ3) is 2.10. The molecule has 108 valence electrons. The fourth-order valence-electron chi connectivity index (χ4n) is 2.99. The molecule has 0 radical (unpaired) electrons. The Kier molecular flexibility index (Phi) is 2.77. The van der Waals surface area contributed by atoms with Crippen LogP contribution in [0.25, 0.3) is 5.52 Å². The highest BCUT2D eigenvalue weighted by Crippen LogP contribution is 2.27. The number of anilines is 2. The van der Waals surface area contributed by atoms with Crippen LogP contribution in [0, 0.1) is 0 Å². The Hall–Kier alpha value is -2.57. The predicted molar refractivity (Wildman–Crippen MR) is 80.1 cm³/mol. The van der Waals surface area contributed by atoms with Gasteiger partial charge in [0.25, 0.3) is 0 Å². The fourth-order valence-corrected chi connectivity index (χ4v) is 2.99. The van der Waals surface area contributed by atoms with Crippen molar-refractivity contribution >= 4 is 17.2 Å². The summed E-state index contributed by atoms with van der Waals surface area (Å²) in [5.74, 6) is 1.59. The molecular weight excluding hydrogens is 266 g/mol. The van der Waals surface area contributed by atoms with Gasteiger partial charge in [0.05, 0.1) is 12.2 Å². The van der Waals surface area contributed by atoms with Crippen LogP contribution in [0.1, 0.15) is 18.9 Å². The van der Waals surface area contributed by atoms with Gasteiger partial charge in [0.1, 0.15) is 11.3 Å². The highest BCUT2D eigenvalue weighted by atomic mass is 15.3. The summed E-state index contributed by atoms with van der Waals surface area (Å²) >= 11 is 0. The quantitative estimate of drug-likeness (QED) is 0.768. The molecule has 0 aromatic carbocycles. The summed E-state index contributed by atoms with van der Waals surface area (Å²) in [5, 5.41) is 8.58. The van der Waals surface area contributed by atoms with Crippen molar-refractivity contribution in [3.8, 4) is 0 Å². The van der Waals surface area contributed by atoms with Crippen LogP contribution < -0.4 is 10.6 Å². The topological polar surface area (TPSA) is 77.3 Å². The second-order valence-corrected chi connectivity index (χ2v) is 5.35. The number of nitrogen functional groups attached to an aromatic ring is 1. The number of fused-ring (bicyclic) bond motifs is 1. The van der Waals surface area contributed by atoms with Crippen molar-refractivity contribution in [2.45, 2.75) is 18.9 Å². The second kappa shape index (κ2) is 4.76. The minimum absolute atomic E-state index is 0.420. The van der Waals surface area contributed by atoms with Crippen molar-refractivity contribution < 1.29 is 0 Å². The summed E-state index contributed by atoms with van der Waals surface area (Å²) in [6.07, 6.45) is 9.52.